The Hall–Kier alpha value is -3.46. The SMILES string of the molecule is C#CC[C@H](NC(=O)[C@H](CCCCN)NC(=O)[C@H](CO)NC(=O)C(C)c1ccc(CCCCCCCCCCN)cc1)C(=O)O. The number of carboxylic acid groups (broad SMARTS) is 1. The van der Waals surface area contributed by atoms with E-state index in [1.54, 1.807) is 6.92 Å². The number of carbonyl (C=O) groups is 4. The monoisotopic (exact) mass is 615 g/mol. The summed E-state index contributed by atoms with van der Waals surface area (Å²) in [6, 6.07) is 4.09. The molecule has 1 aromatic carbocycles. The summed E-state index contributed by atoms with van der Waals surface area (Å²) in [6.07, 6.45) is 16.8. The van der Waals surface area contributed by atoms with E-state index in [1.807, 2.05) is 24.3 Å². The van der Waals surface area contributed by atoms with E-state index in [-0.39, 0.29) is 12.8 Å². The second-order valence-corrected chi connectivity index (χ2v) is 11.2. The van der Waals surface area contributed by atoms with Crippen LogP contribution in [0.25, 0.3) is 0 Å². The molecule has 0 spiro atoms. The van der Waals surface area contributed by atoms with Gasteiger partial charge < -0.3 is 37.6 Å². The zero-order valence-electron chi connectivity index (χ0n) is 26.2. The molecule has 9 N–H and O–H groups in total. The second-order valence-electron chi connectivity index (χ2n) is 11.2. The van der Waals surface area contributed by atoms with Crippen molar-refractivity contribution in [3.63, 3.8) is 0 Å². The number of benzene rings is 1. The minimum atomic E-state index is -1.32. The van der Waals surface area contributed by atoms with Gasteiger partial charge in [0.25, 0.3) is 0 Å². The number of carbonyl (C=O) groups excluding carboxylic acids is 3. The largest absolute Gasteiger partial charge is 0.480 e. The maximum atomic E-state index is 13.0. The van der Waals surface area contributed by atoms with E-state index >= 15 is 0 Å². The van der Waals surface area contributed by atoms with Crippen LogP contribution in [0.4, 0.5) is 0 Å². The van der Waals surface area contributed by atoms with Crippen LogP contribution < -0.4 is 27.4 Å². The van der Waals surface area contributed by atoms with E-state index < -0.39 is 54.3 Å². The van der Waals surface area contributed by atoms with Crippen molar-refractivity contribution in [3.05, 3.63) is 35.4 Å². The number of aliphatic hydroxyl groups is 1. The maximum Gasteiger partial charge on any atom is 0.327 e. The number of aliphatic carboxylic acids is 1. The van der Waals surface area contributed by atoms with Crippen LogP contribution in [0.3, 0.4) is 0 Å². The number of rotatable bonds is 24. The van der Waals surface area contributed by atoms with Gasteiger partial charge in [0.15, 0.2) is 0 Å². The number of aliphatic hydroxyl groups excluding tert-OH is 1. The van der Waals surface area contributed by atoms with Crippen molar-refractivity contribution in [2.45, 2.75) is 114 Å². The van der Waals surface area contributed by atoms with Gasteiger partial charge in [-0.25, -0.2) is 4.79 Å². The molecular weight excluding hydrogens is 562 g/mol. The predicted molar refractivity (Wildman–Crippen MR) is 171 cm³/mol. The average molecular weight is 616 g/mol. The number of hydrogen-bond donors (Lipinski definition) is 7. The Bertz CT molecular complexity index is 1040. The highest BCUT2D eigenvalue weighted by molar-refractivity contribution is 5.94. The third-order valence-electron chi connectivity index (χ3n) is 7.62. The summed E-state index contributed by atoms with van der Waals surface area (Å²) in [7, 11) is 0. The van der Waals surface area contributed by atoms with Gasteiger partial charge in [0.05, 0.1) is 12.5 Å². The molecule has 0 aliphatic heterocycles. The lowest BCUT2D eigenvalue weighted by atomic mass is 9.97. The number of nitrogens with one attached hydrogen (secondary N) is 3. The minimum absolute atomic E-state index is 0.182. The van der Waals surface area contributed by atoms with E-state index in [9.17, 15) is 29.4 Å². The molecule has 0 aromatic heterocycles. The number of amides is 3. The smallest absolute Gasteiger partial charge is 0.327 e. The first-order valence-corrected chi connectivity index (χ1v) is 15.9. The minimum Gasteiger partial charge on any atom is -0.480 e. The molecule has 0 radical (unpaired) electrons. The van der Waals surface area contributed by atoms with Gasteiger partial charge in [-0.1, -0.05) is 62.8 Å². The quantitative estimate of drug-likeness (QED) is 0.0678. The van der Waals surface area contributed by atoms with Gasteiger partial charge in [-0.3, -0.25) is 14.4 Å². The first kappa shape index (κ1) is 38.6. The average Bonchev–Trinajstić information content (AvgIpc) is 3.01. The van der Waals surface area contributed by atoms with E-state index in [2.05, 4.69) is 21.9 Å². The normalized spacial score (nSPS) is 13.6. The number of terminal acetylenes is 1. The summed E-state index contributed by atoms with van der Waals surface area (Å²) in [4.78, 5) is 50.2. The van der Waals surface area contributed by atoms with Gasteiger partial charge in [0.2, 0.25) is 17.7 Å². The molecule has 246 valence electrons. The van der Waals surface area contributed by atoms with Gasteiger partial charge in [0, 0.05) is 6.42 Å². The molecule has 4 atom stereocenters. The highest BCUT2D eigenvalue weighted by atomic mass is 16.4. The Kier molecular flexibility index (Phi) is 20.2. The fourth-order valence-electron chi connectivity index (χ4n) is 4.77. The maximum absolute atomic E-state index is 13.0. The van der Waals surface area contributed by atoms with Gasteiger partial charge in [-0.15, -0.1) is 12.3 Å². The molecule has 0 saturated heterocycles. The van der Waals surface area contributed by atoms with Crippen molar-refractivity contribution in [1.82, 2.24) is 16.0 Å². The predicted octanol–water partition coefficient (Wildman–Crippen LogP) is 2.10. The molecular formula is C33H53N5O6. The molecule has 1 unspecified atom stereocenters. The lowest BCUT2D eigenvalue weighted by Crippen LogP contribution is -2.56. The van der Waals surface area contributed by atoms with Crippen molar-refractivity contribution in [2.75, 3.05) is 19.7 Å². The number of unbranched alkanes of at least 4 members (excludes halogenated alkanes) is 8. The summed E-state index contributed by atoms with van der Waals surface area (Å²) >= 11 is 0. The summed E-state index contributed by atoms with van der Waals surface area (Å²) in [5.74, 6) is -1.64. The summed E-state index contributed by atoms with van der Waals surface area (Å²) in [5, 5.41) is 26.6. The lowest BCUT2D eigenvalue weighted by molar-refractivity contribution is -0.142. The fourth-order valence-corrected chi connectivity index (χ4v) is 4.77. The van der Waals surface area contributed by atoms with E-state index in [0.717, 1.165) is 31.4 Å². The Morgan fingerprint density at radius 1 is 0.750 bits per heavy atom. The first-order chi connectivity index (χ1) is 21.2. The Morgan fingerprint density at radius 3 is 1.80 bits per heavy atom. The molecule has 1 rings (SSSR count). The first-order valence-electron chi connectivity index (χ1n) is 15.9. The zero-order chi connectivity index (χ0) is 32.7. The van der Waals surface area contributed by atoms with Crippen LogP contribution in [-0.4, -0.2) is 71.7 Å². The highest BCUT2D eigenvalue weighted by Gasteiger charge is 2.29. The lowest BCUT2D eigenvalue weighted by Gasteiger charge is -2.24. The summed E-state index contributed by atoms with van der Waals surface area (Å²) < 4.78 is 0. The Balaban J connectivity index is 2.67. The molecule has 11 heteroatoms. The molecule has 0 bridgehead atoms. The standard InChI is InChI=1S/C33H53N5O6/c1-3-14-28(33(43)44)37-31(41)27(16-11-13-22-35)36-32(42)29(23-39)38-30(40)24(2)26-19-17-25(18-20-26)15-10-8-6-4-5-7-9-12-21-34/h1,17-20,24,27-29,39H,4-16,21-23,34-35H2,2H3,(H,36,42)(H,37,41)(H,38,40)(H,43,44)/t24?,27-,28-,29-/m0/s1. The highest BCUT2D eigenvalue weighted by Crippen LogP contribution is 2.18. The topological polar surface area (TPSA) is 197 Å². The van der Waals surface area contributed by atoms with Crippen molar-refractivity contribution in [1.29, 1.82) is 0 Å². The molecule has 0 aliphatic rings. The Morgan fingerprint density at radius 2 is 1.25 bits per heavy atom. The Labute approximate surface area is 262 Å². The number of nitrogens with two attached hydrogens (primary N) is 2. The van der Waals surface area contributed by atoms with Gasteiger partial charge in [-0.05, 0) is 69.7 Å². The third-order valence-corrected chi connectivity index (χ3v) is 7.62. The molecule has 0 heterocycles. The van der Waals surface area contributed by atoms with Crippen LogP contribution in [0.1, 0.15) is 101 Å². The van der Waals surface area contributed by atoms with Crippen molar-refractivity contribution < 1.29 is 29.4 Å². The van der Waals surface area contributed by atoms with Gasteiger partial charge in [0.1, 0.15) is 18.1 Å². The van der Waals surface area contributed by atoms with Gasteiger partial charge in [-0.2, -0.15) is 0 Å². The van der Waals surface area contributed by atoms with Gasteiger partial charge >= 0.3 is 5.97 Å². The molecule has 0 saturated carbocycles. The van der Waals surface area contributed by atoms with Crippen LogP contribution >= 0.6 is 0 Å². The zero-order valence-corrected chi connectivity index (χ0v) is 26.2. The molecule has 44 heavy (non-hydrogen) atoms. The molecule has 3 amide bonds. The molecule has 1 aromatic rings. The third kappa shape index (κ3) is 15.3. The number of carboxylic acids is 1. The number of aryl methyl sites for hydroxylation is 1. The molecule has 0 fully saturated rings. The van der Waals surface area contributed by atoms with E-state index in [1.165, 1.54) is 44.1 Å². The van der Waals surface area contributed by atoms with E-state index in [0.29, 0.717) is 19.4 Å². The molecule has 11 nitrogen and oxygen atoms in total. The summed E-state index contributed by atoms with van der Waals surface area (Å²) in [5.41, 5.74) is 13.0. The van der Waals surface area contributed by atoms with E-state index in [4.69, 9.17) is 17.9 Å². The summed E-state index contributed by atoms with van der Waals surface area (Å²) in [6.45, 7) is 2.17. The van der Waals surface area contributed by atoms with Crippen molar-refractivity contribution in [3.8, 4) is 12.3 Å². The number of hydrogen-bond acceptors (Lipinski definition) is 7. The van der Waals surface area contributed by atoms with Crippen LogP contribution in [0.15, 0.2) is 24.3 Å². The van der Waals surface area contributed by atoms with Crippen LogP contribution in [0.5, 0.6) is 0 Å². The fraction of sp³-hybridized carbons (Fsp3) is 0.636. The second kappa shape index (κ2) is 23.0. The van der Waals surface area contributed by atoms with Crippen LogP contribution in [0.2, 0.25) is 0 Å². The van der Waals surface area contributed by atoms with Crippen LogP contribution in [-0.2, 0) is 25.6 Å². The van der Waals surface area contributed by atoms with Crippen LogP contribution in [0, 0.1) is 12.3 Å². The molecule has 0 aliphatic carbocycles. The van der Waals surface area contributed by atoms with Crippen molar-refractivity contribution >= 4 is 23.7 Å². The van der Waals surface area contributed by atoms with Crippen molar-refractivity contribution in [2.24, 2.45) is 11.5 Å².